The van der Waals surface area contributed by atoms with Gasteiger partial charge in [-0.25, -0.2) is 9.97 Å². The molecule has 4 rings (SSSR count). The van der Waals surface area contributed by atoms with Gasteiger partial charge in [0.2, 0.25) is 5.95 Å². The molecule has 9 nitrogen and oxygen atoms in total. The van der Waals surface area contributed by atoms with Gasteiger partial charge in [0, 0.05) is 24.5 Å². The molecule has 0 unspecified atom stereocenters. The lowest BCUT2D eigenvalue weighted by Gasteiger charge is -2.27. The Hall–Kier alpha value is -3.25. The van der Waals surface area contributed by atoms with Crippen molar-refractivity contribution in [2.24, 2.45) is 0 Å². The molecule has 0 amide bonds. The standard InChI is InChI=1S/C23H22N8OS2/c1-13-9-15(3)26-19(17(13)11-24)33-22-28-21(31-5-7-32-8-6-31)29-23(30-22)34-20-18(12-25)14(2)10-16(4)27-20/h9-10H,5-8H2,1-4H3. The first-order chi connectivity index (χ1) is 16.4. The Bertz CT molecular complexity index is 1240. The van der Waals surface area contributed by atoms with Crippen LogP contribution in [0.1, 0.15) is 33.6 Å². The number of hydrogen-bond donors (Lipinski definition) is 0. The predicted molar refractivity (Wildman–Crippen MR) is 128 cm³/mol. The minimum atomic E-state index is 0.427. The molecular formula is C23H22N8OS2. The average molecular weight is 491 g/mol. The molecule has 0 radical (unpaired) electrons. The molecule has 34 heavy (non-hydrogen) atoms. The van der Waals surface area contributed by atoms with E-state index in [0.717, 1.165) is 22.5 Å². The largest absolute Gasteiger partial charge is 0.378 e. The fraction of sp³-hybridized carbons (Fsp3) is 0.348. The van der Waals surface area contributed by atoms with Gasteiger partial charge in [0.25, 0.3) is 0 Å². The second-order valence-electron chi connectivity index (χ2n) is 7.75. The lowest BCUT2D eigenvalue weighted by molar-refractivity contribution is 0.122. The maximum Gasteiger partial charge on any atom is 0.230 e. The number of ether oxygens (including phenoxy) is 1. The van der Waals surface area contributed by atoms with E-state index in [-0.39, 0.29) is 0 Å². The number of aromatic nitrogens is 5. The summed E-state index contributed by atoms with van der Waals surface area (Å²) in [5.41, 5.74) is 4.34. The molecule has 0 N–H and O–H groups in total. The summed E-state index contributed by atoms with van der Waals surface area (Å²) in [6.07, 6.45) is 0. The van der Waals surface area contributed by atoms with Gasteiger partial charge in [-0.3, -0.25) is 0 Å². The van der Waals surface area contributed by atoms with Crippen molar-refractivity contribution in [3.05, 3.63) is 45.8 Å². The Morgan fingerprint density at radius 2 is 1.24 bits per heavy atom. The molecule has 0 atom stereocenters. The van der Waals surface area contributed by atoms with Gasteiger partial charge in [-0.15, -0.1) is 0 Å². The van der Waals surface area contributed by atoms with Crippen LogP contribution < -0.4 is 4.90 Å². The maximum atomic E-state index is 9.66. The van der Waals surface area contributed by atoms with Crippen LogP contribution in [-0.2, 0) is 4.74 Å². The Morgan fingerprint density at radius 3 is 1.68 bits per heavy atom. The summed E-state index contributed by atoms with van der Waals surface area (Å²) in [5, 5.41) is 21.3. The molecule has 0 aromatic carbocycles. The highest BCUT2D eigenvalue weighted by atomic mass is 32.2. The number of hydrogen-bond acceptors (Lipinski definition) is 11. The van der Waals surface area contributed by atoms with Gasteiger partial charge in [0.1, 0.15) is 22.2 Å². The number of aryl methyl sites for hydroxylation is 4. The molecule has 0 aliphatic carbocycles. The van der Waals surface area contributed by atoms with Crippen LogP contribution in [0.5, 0.6) is 0 Å². The fourth-order valence-electron chi connectivity index (χ4n) is 3.52. The van der Waals surface area contributed by atoms with Crippen LogP contribution in [0.15, 0.2) is 32.5 Å². The van der Waals surface area contributed by atoms with E-state index >= 15 is 0 Å². The van der Waals surface area contributed by atoms with Crippen molar-refractivity contribution in [2.75, 3.05) is 31.2 Å². The summed E-state index contributed by atoms with van der Waals surface area (Å²) >= 11 is 2.47. The van der Waals surface area contributed by atoms with Crippen LogP contribution in [-0.4, -0.2) is 51.2 Å². The van der Waals surface area contributed by atoms with E-state index in [1.54, 1.807) is 0 Å². The zero-order valence-electron chi connectivity index (χ0n) is 19.3. The first kappa shape index (κ1) is 23.9. The first-order valence-electron chi connectivity index (χ1n) is 10.6. The Labute approximate surface area is 206 Å². The number of morpholine rings is 1. The highest BCUT2D eigenvalue weighted by Gasteiger charge is 2.21. The Morgan fingerprint density at radius 1 is 0.765 bits per heavy atom. The molecule has 1 saturated heterocycles. The second-order valence-corrected chi connectivity index (χ2v) is 9.66. The zero-order chi connectivity index (χ0) is 24.2. The predicted octanol–water partition coefficient (Wildman–Crippen LogP) is 3.78. The summed E-state index contributed by atoms with van der Waals surface area (Å²) in [5.74, 6) is 0.522. The summed E-state index contributed by atoms with van der Waals surface area (Å²) < 4.78 is 5.47. The summed E-state index contributed by atoms with van der Waals surface area (Å²) in [7, 11) is 0. The minimum Gasteiger partial charge on any atom is -0.378 e. The summed E-state index contributed by atoms with van der Waals surface area (Å²) in [6.45, 7) is 10.1. The Balaban J connectivity index is 1.77. The van der Waals surface area contributed by atoms with Crippen molar-refractivity contribution in [1.29, 1.82) is 10.5 Å². The van der Waals surface area contributed by atoms with E-state index in [9.17, 15) is 10.5 Å². The number of anilines is 1. The molecule has 3 aromatic heterocycles. The van der Waals surface area contributed by atoms with Crippen LogP contribution >= 0.6 is 23.5 Å². The van der Waals surface area contributed by atoms with Gasteiger partial charge >= 0.3 is 0 Å². The van der Waals surface area contributed by atoms with Gasteiger partial charge in [-0.05, 0) is 74.5 Å². The average Bonchev–Trinajstić information content (AvgIpc) is 2.79. The fourth-order valence-corrected chi connectivity index (χ4v) is 5.44. The van der Waals surface area contributed by atoms with Crippen LogP contribution in [0.2, 0.25) is 0 Å². The molecule has 11 heteroatoms. The van der Waals surface area contributed by atoms with E-state index in [1.807, 2.05) is 44.7 Å². The molecular weight excluding hydrogens is 468 g/mol. The third-order valence-electron chi connectivity index (χ3n) is 5.10. The smallest absolute Gasteiger partial charge is 0.230 e. The van der Waals surface area contributed by atoms with Crippen LogP contribution in [0.3, 0.4) is 0 Å². The van der Waals surface area contributed by atoms with Crippen LogP contribution in [0.25, 0.3) is 0 Å². The lowest BCUT2D eigenvalue weighted by atomic mass is 10.1. The number of pyridine rings is 2. The Kier molecular flexibility index (Phi) is 7.27. The van der Waals surface area contributed by atoms with E-state index in [4.69, 9.17) is 4.74 Å². The van der Waals surface area contributed by atoms with Crippen molar-refractivity contribution in [2.45, 2.75) is 48.1 Å². The normalized spacial score (nSPS) is 13.4. The number of rotatable bonds is 5. The quantitative estimate of drug-likeness (QED) is 0.519. The molecule has 1 aliphatic heterocycles. The van der Waals surface area contributed by atoms with Gasteiger partial charge < -0.3 is 9.64 Å². The van der Waals surface area contributed by atoms with Crippen molar-refractivity contribution in [3.63, 3.8) is 0 Å². The van der Waals surface area contributed by atoms with Crippen LogP contribution in [0, 0.1) is 50.4 Å². The SMILES string of the molecule is Cc1cc(C)c(C#N)c(Sc2nc(Sc3nc(C)cc(C)c3C#N)nc(N3CCOCC3)n2)n1. The lowest BCUT2D eigenvalue weighted by Crippen LogP contribution is -2.37. The summed E-state index contributed by atoms with van der Waals surface area (Å²) in [4.78, 5) is 25.1. The monoisotopic (exact) mass is 490 g/mol. The van der Waals surface area contributed by atoms with E-state index in [1.165, 1.54) is 23.5 Å². The van der Waals surface area contributed by atoms with E-state index in [0.29, 0.717) is 63.7 Å². The van der Waals surface area contributed by atoms with Gasteiger partial charge in [-0.1, -0.05) is 0 Å². The molecule has 0 bridgehead atoms. The minimum absolute atomic E-state index is 0.427. The first-order valence-corrected chi connectivity index (χ1v) is 12.2. The molecule has 172 valence electrons. The van der Waals surface area contributed by atoms with E-state index < -0.39 is 0 Å². The zero-order valence-corrected chi connectivity index (χ0v) is 20.9. The second kappa shape index (κ2) is 10.3. The highest BCUT2D eigenvalue weighted by Crippen LogP contribution is 2.33. The molecule has 1 aliphatic rings. The van der Waals surface area contributed by atoms with Crippen molar-refractivity contribution in [1.82, 2.24) is 24.9 Å². The maximum absolute atomic E-state index is 9.66. The third-order valence-corrected chi connectivity index (χ3v) is 6.81. The number of nitrogens with zero attached hydrogens (tertiary/aromatic N) is 8. The van der Waals surface area contributed by atoms with Gasteiger partial charge in [-0.2, -0.15) is 25.5 Å². The van der Waals surface area contributed by atoms with Gasteiger partial charge in [0.15, 0.2) is 10.3 Å². The highest BCUT2D eigenvalue weighted by molar-refractivity contribution is 7.99. The molecule has 4 heterocycles. The van der Waals surface area contributed by atoms with Gasteiger partial charge in [0.05, 0.1) is 24.3 Å². The van der Waals surface area contributed by atoms with Crippen LogP contribution in [0.4, 0.5) is 5.95 Å². The van der Waals surface area contributed by atoms with Crippen molar-refractivity contribution in [3.8, 4) is 12.1 Å². The van der Waals surface area contributed by atoms with Crippen molar-refractivity contribution >= 4 is 29.5 Å². The molecule has 0 spiro atoms. The molecule has 1 fully saturated rings. The van der Waals surface area contributed by atoms with E-state index in [2.05, 4.69) is 37.1 Å². The molecule has 3 aromatic rings. The molecule has 0 saturated carbocycles. The third kappa shape index (κ3) is 5.28. The topological polar surface area (TPSA) is 124 Å². The number of nitriles is 2. The van der Waals surface area contributed by atoms with Crippen molar-refractivity contribution < 1.29 is 4.74 Å². The summed E-state index contributed by atoms with van der Waals surface area (Å²) in [6, 6.07) is 8.24.